The van der Waals surface area contributed by atoms with Crippen molar-refractivity contribution in [3.63, 3.8) is 0 Å². The first-order valence-electron chi connectivity index (χ1n) is 7.56. The third kappa shape index (κ3) is 2.60. The summed E-state index contributed by atoms with van der Waals surface area (Å²) in [4.78, 5) is 14.6. The number of nitriles is 1. The Morgan fingerprint density at radius 1 is 1.23 bits per heavy atom. The van der Waals surface area contributed by atoms with Gasteiger partial charge in [0.1, 0.15) is 0 Å². The van der Waals surface area contributed by atoms with Gasteiger partial charge in [0.15, 0.2) is 0 Å². The van der Waals surface area contributed by atoms with E-state index < -0.39 is 0 Å². The molecule has 0 spiro atoms. The summed E-state index contributed by atoms with van der Waals surface area (Å²) in [6.07, 6.45) is 3.16. The van der Waals surface area contributed by atoms with Crippen molar-refractivity contribution in [3.8, 4) is 6.07 Å². The topological polar surface area (TPSA) is 44.1 Å². The van der Waals surface area contributed by atoms with Crippen LogP contribution in [-0.4, -0.2) is 17.9 Å². The lowest BCUT2D eigenvalue weighted by Crippen LogP contribution is -2.33. The third-order valence-corrected chi connectivity index (χ3v) is 4.36. The fraction of sp³-hybridized carbons (Fsp3) is 0.263. The molecule has 3 nitrogen and oxygen atoms in total. The predicted octanol–water partition coefficient (Wildman–Crippen LogP) is 3.71. The highest BCUT2D eigenvalue weighted by Gasteiger charge is 2.27. The maximum Gasteiger partial charge on any atom is 0.254 e. The molecule has 0 unspecified atom stereocenters. The van der Waals surface area contributed by atoms with E-state index in [-0.39, 0.29) is 11.9 Å². The van der Waals surface area contributed by atoms with E-state index in [2.05, 4.69) is 24.3 Å². The average molecular weight is 290 g/mol. The number of hydrogen-bond acceptors (Lipinski definition) is 2. The van der Waals surface area contributed by atoms with Crippen LogP contribution in [0.5, 0.6) is 0 Å². The van der Waals surface area contributed by atoms with Gasteiger partial charge in [-0.05, 0) is 48.6 Å². The molecular weight excluding hydrogens is 272 g/mol. The molecule has 1 amide bonds. The number of carbonyl (C=O) groups excluding carboxylic acids is 1. The van der Waals surface area contributed by atoms with Gasteiger partial charge in [-0.15, -0.1) is 0 Å². The molecule has 0 aromatic heterocycles. The summed E-state index contributed by atoms with van der Waals surface area (Å²) in [5.41, 5.74) is 3.68. The lowest BCUT2D eigenvalue weighted by molar-refractivity contribution is 0.0715. The van der Waals surface area contributed by atoms with Crippen LogP contribution in [0, 0.1) is 11.3 Å². The molecule has 2 aromatic carbocycles. The van der Waals surface area contributed by atoms with Crippen molar-refractivity contribution >= 4 is 5.91 Å². The predicted molar refractivity (Wildman–Crippen MR) is 85.4 cm³/mol. The summed E-state index contributed by atoms with van der Waals surface area (Å²) in [5, 5.41) is 8.99. The molecule has 0 fully saturated rings. The van der Waals surface area contributed by atoms with Crippen molar-refractivity contribution < 1.29 is 4.79 Å². The monoisotopic (exact) mass is 290 g/mol. The average Bonchev–Trinajstić information content (AvgIpc) is 2.60. The minimum Gasteiger partial charge on any atom is -0.335 e. The minimum atomic E-state index is -0.0289. The summed E-state index contributed by atoms with van der Waals surface area (Å²) >= 11 is 0. The Labute approximate surface area is 130 Å². The molecule has 3 rings (SSSR count). The molecule has 3 heteroatoms. The van der Waals surface area contributed by atoms with E-state index >= 15 is 0 Å². The van der Waals surface area contributed by atoms with Crippen molar-refractivity contribution in [2.75, 3.05) is 7.05 Å². The van der Waals surface area contributed by atoms with E-state index in [1.54, 1.807) is 24.3 Å². The molecular formula is C19H18N2O. The van der Waals surface area contributed by atoms with Crippen molar-refractivity contribution in [3.05, 3.63) is 70.8 Å². The zero-order chi connectivity index (χ0) is 15.5. The van der Waals surface area contributed by atoms with E-state index in [4.69, 9.17) is 5.26 Å². The Kier molecular flexibility index (Phi) is 3.93. The van der Waals surface area contributed by atoms with Crippen LogP contribution in [0.2, 0.25) is 0 Å². The molecule has 1 atom stereocenters. The summed E-state index contributed by atoms with van der Waals surface area (Å²) in [5.74, 6) is -0.0289. The van der Waals surface area contributed by atoms with Gasteiger partial charge in [-0.2, -0.15) is 5.26 Å². The Hall–Kier alpha value is -2.60. The third-order valence-electron chi connectivity index (χ3n) is 4.36. The Bertz CT molecular complexity index is 745. The highest BCUT2D eigenvalue weighted by atomic mass is 16.2. The Morgan fingerprint density at radius 3 is 2.86 bits per heavy atom. The van der Waals surface area contributed by atoms with Gasteiger partial charge in [-0.25, -0.2) is 0 Å². The second-order valence-electron chi connectivity index (χ2n) is 5.72. The number of aryl methyl sites for hydroxylation is 1. The number of benzene rings is 2. The minimum absolute atomic E-state index is 0.0289. The maximum atomic E-state index is 12.7. The first-order chi connectivity index (χ1) is 10.7. The van der Waals surface area contributed by atoms with Gasteiger partial charge in [0.25, 0.3) is 5.91 Å². The molecule has 1 aliphatic carbocycles. The van der Waals surface area contributed by atoms with Crippen LogP contribution < -0.4 is 0 Å². The standard InChI is InChI=1S/C19H18N2O/c1-21(19(22)16-9-4-6-14(12-16)13-20)18-11-5-8-15-7-2-3-10-17(15)18/h2-4,6-7,9-10,12,18H,5,8,11H2,1H3/t18-/m0/s1. The molecule has 0 heterocycles. The zero-order valence-corrected chi connectivity index (χ0v) is 12.6. The van der Waals surface area contributed by atoms with Crippen molar-refractivity contribution in [2.24, 2.45) is 0 Å². The summed E-state index contributed by atoms with van der Waals surface area (Å²) < 4.78 is 0. The second kappa shape index (κ2) is 6.03. The van der Waals surface area contributed by atoms with Crippen molar-refractivity contribution in [1.29, 1.82) is 5.26 Å². The van der Waals surface area contributed by atoms with Gasteiger partial charge < -0.3 is 4.90 Å². The van der Waals surface area contributed by atoms with E-state index in [0.717, 1.165) is 19.3 Å². The number of rotatable bonds is 2. The van der Waals surface area contributed by atoms with Crippen molar-refractivity contribution in [2.45, 2.75) is 25.3 Å². The number of amides is 1. The van der Waals surface area contributed by atoms with Crippen LogP contribution in [0.3, 0.4) is 0 Å². The molecule has 22 heavy (non-hydrogen) atoms. The van der Waals surface area contributed by atoms with Crippen LogP contribution in [0.4, 0.5) is 0 Å². The lowest BCUT2D eigenvalue weighted by Gasteiger charge is -2.33. The first kappa shape index (κ1) is 14.3. The van der Waals surface area contributed by atoms with E-state index in [0.29, 0.717) is 11.1 Å². The van der Waals surface area contributed by atoms with Gasteiger partial charge in [0, 0.05) is 12.6 Å². The molecule has 0 radical (unpaired) electrons. The summed E-state index contributed by atoms with van der Waals surface area (Å²) in [7, 11) is 1.86. The fourth-order valence-electron chi connectivity index (χ4n) is 3.20. The SMILES string of the molecule is CN(C(=O)c1cccc(C#N)c1)[C@H]1CCCc2ccccc21. The fourth-order valence-corrected chi connectivity index (χ4v) is 3.20. The van der Waals surface area contributed by atoms with Gasteiger partial charge in [0.2, 0.25) is 0 Å². The zero-order valence-electron chi connectivity index (χ0n) is 12.6. The molecule has 0 aliphatic heterocycles. The first-order valence-corrected chi connectivity index (χ1v) is 7.56. The summed E-state index contributed by atoms with van der Waals surface area (Å²) in [6, 6.07) is 17.5. The number of carbonyl (C=O) groups is 1. The molecule has 0 bridgehead atoms. The van der Waals surface area contributed by atoms with Crippen molar-refractivity contribution in [1.82, 2.24) is 4.90 Å². The quantitative estimate of drug-likeness (QED) is 0.846. The van der Waals surface area contributed by atoms with E-state index in [1.165, 1.54) is 11.1 Å². The van der Waals surface area contributed by atoms with Gasteiger partial charge in [-0.1, -0.05) is 30.3 Å². The van der Waals surface area contributed by atoms with Gasteiger partial charge in [-0.3, -0.25) is 4.79 Å². The molecule has 2 aromatic rings. The maximum absolute atomic E-state index is 12.7. The smallest absolute Gasteiger partial charge is 0.254 e. The van der Waals surface area contributed by atoms with Crippen LogP contribution in [0.15, 0.2) is 48.5 Å². The Balaban J connectivity index is 1.90. The highest BCUT2D eigenvalue weighted by molar-refractivity contribution is 5.94. The molecule has 110 valence electrons. The van der Waals surface area contributed by atoms with Crippen LogP contribution in [0.25, 0.3) is 0 Å². The van der Waals surface area contributed by atoms with Crippen LogP contribution in [0.1, 0.15) is 45.9 Å². The normalized spacial score (nSPS) is 16.5. The molecule has 0 saturated carbocycles. The largest absolute Gasteiger partial charge is 0.335 e. The second-order valence-corrected chi connectivity index (χ2v) is 5.72. The number of fused-ring (bicyclic) bond motifs is 1. The Morgan fingerprint density at radius 2 is 2.05 bits per heavy atom. The number of hydrogen-bond donors (Lipinski definition) is 0. The van der Waals surface area contributed by atoms with Gasteiger partial charge >= 0.3 is 0 Å². The number of nitrogens with zero attached hydrogens (tertiary/aromatic N) is 2. The van der Waals surface area contributed by atoms with Crippen LogP contribution in [-0.2, 0) is 6.42 Å². The molecule has 0 saturated heterocycles. The van der Waals surface area contributed by atoms with E-state index in [9.17, 15) is 4.79 Å². The molecule has 1 aliphatic rings. The molecule has 0 N–H and O–H groups in total. The van der Waals surface area contributed by atoms with Crippen LogP contribution >= 0.6 is 0 Å². The van der Waals surface area contributed by atoms with Gasteiger partial charge in [0.05, 0.1) is 17.7 Å². The highest BCUT2D eigenvalue weighted by Crippen LogP contribution is 2.34. The summed E-state index contributed by atoms with van der Waals surface area (Å²) in [6.45, 7) is 0. The van der Waals surface area contributed by atoms with E-state index in [1.807, 2.05) is 18.0 Å². The lowest BCUT2D eigenvalue weighted by atomic mass is 9.87.